The van der Waals surface area contributed by atoms with Gasteiger partial charge in [-0.15, -0.1) is 0 Å². The Labute approximate surface area is 77.5 Å². The molecule has 68 valence electrons. The zero-order valence-electron chi connectivity index (χ0n) is 7.49. The van der Waals surface area contributed by atoms with E-state index in [0.717, 1.165) is 23.6 Å². The summed E-state index contributed by atoms with van der Waals surface area (Å²) in [5, 5.41) is 10.2. The lowest BCUT2D eigenvalue weighted by Gasteiger charge is -2.01. The zero-order chi connectivity index (χ0) is 9.68. The second-order valence-corrected chi connectivity index (χ2v) is 2.70. The number of carboxylic acids is 1. The molecule has 0 saturated heterocycles. The number of carbonyl (C=O) groups is 1. The maximum absolute atomic E-state index is 10.2. The molecule has 13 heavy (non-hydrogen) atoms. The SMILES string of the molecule is CCc1ccccc1/C=C/C(=O)[O-]. The van der Waals surface area contributed by atoms with Gasteiger partial charge in [-0.25, -0.2) is 0 Å². The molecular weight excluding hydrogens is 164 g/mol. The molecule has 0 fully saturated rings. The topological polar surface area (TPSA) is 40.1 Å². The van der Waals surface area contributed by atoms with Gasteiger partial charge in [0.2, 0.25) is 0 Å². The highest BCUT2D eigenvalue weighted by Gasteiger charge is 1.93. The summed E-state index contributed by atoms with van der Waals surface area (Å²) in [6, 6.07) is 7.69. The summed E-state index contributed by atoms with van der Waals surface area (Å²) in [4.78, 5) is 10.2. The van der Waals surface area contributed by atoms with Crippen LogP contribution in [0.4, 0.5) is 0 Å². The molecule has 0 radical (unpaired) electrons. The van der Waals surface area contributed by atoms with E-state index < -0.39 is 5.97 Å². The van der Waals surface area contributed by atoms with Crippen LogP contribution in [0.15, 0.2) is 30.3 Å². The van der Waals surface area contributed by atoms with Gasteiger partial charge in [0, 0.05) is 0 Å². The Kier molecular flexibility index (Phi) is 3.26. The standard InChI is InChI=1S/C11H12O2/c1-2-9-5-3-4-6-10(9)7-8-11(12)13/h3-8H,2H2,1H3,(H,12,13)/p-1/b8-7+. The van der Waals surface area contributed by atoms with E-state index in [0.29, 0.717) is 0 Å². The lowest BCUT2D eigenvalue weighted by molar-refractivity contribution is -0.297. The number of benzene rings is 1. The number of aliphatic carboxylic acids is 1. The Balaban J connectivity index is 2.93. The molecule has 0 bridgehead atoms. The largest absolute Gasteiger partial charge is 0.545 e. The number of aryl methyl sites for hydroxylation is 1. The van der Waals surface area contributed by atoms with Crippen LogP contribution >= 0.6 is 0 Å². The molecule has 0 unspecified atom stereocenters. The van der Waals surface area contributed by atoms with Gasteiger partial charge >= 0.3 is 0 Å². The van der Waals surface area contributed by atoms with Crippen molar-refractivity contribution in [2.75, 3.05) is 0 Å². The van der Waals surface area contributed by atoms with E-state index in [9.17, 15) is 9.90 Å². The van der Waals surface area contributed by atoms with Crippen LogP contribution in [0.5, 0.6) is 0 Å². The smallest absolute Gasteiger partial charge is 0.0643 e. The minimum atomic E-state index is -1.16. The fraction of sp³-hybridized carbons (Fsp3) is 0.182. The van der Waals surface area contributed by atoms with E-state index in [1.54, 1.807) is 6.08 Å². The zero-order valence-corrected chi connectivity index (χ0v) is 7.49. The van der Waals surface area contributed by atoms with Gasteiger partial charge in [0.15, 0.2) is 0 Å². The van der Waals surface area contributed by atoms with Crippen molar-refractivity contribution in [2.24, 2.45) is 0 Å². The monoisotopic (exact) mass is 175 g/mol. The first-order chi connectivity index (χ1) is 6.24. The minimum Gasteiger partial charge on any atom is -0.545 e. The fourth-order valence-corrected chi connectivity index (χ4v) is 1.18. The second kappa shape index (κ2) is 4.45. The van der Waals surface area contributed by atoms with Gasteiger partial charge in [0.1, 0.15) is 0 Å². The number of carboxylic acid groups (broad SMARTS) is 1. The molecule has 1 rings (SSSR count). The van der Waals surface area contributed by atoms with Crippen molar-refractivity contribution >= 4 is 12.0 Å². The van der Waals surface area contributed by atoms with Gasteiger partial charge < -0.3 is 9.90 Å². The average molecular weight is 175 g/mol. The highest BCUT2D eigenvalue weighted by atomic mass is 16.4. The van der Waals surface area contributed by atoms with Crippen LogP contribution in [0.1, 0.15) is 18.1 Å². The van der Waals surface area contributed by atoms with Gasteiger partial charge in [-0.05, 0) is 23.6 Å². The quantitative estimate of drug-likeness (QED) is 0.643. The van der Waals surface area contributed by atoms with Crippen molar-refractivity contribution in [1.29, 1.82) is 0 Å². The van der Waals surface area contributed by atoms with Crippen LogP contribution in [0.3, 0.4) is 0 Å². The van der Waals surface area contributed by atoms with Gasteiger partial charge in [0.05, 0.1) is 5.97 Å². The molecule has 1 aromatic rings. The molecule has 2 heteroatoms. The van der Waals surface area contributed by atoms with Crippen LogP contribution in [-0.2, 0) is 11.2 Å². The van der Waals surface area contributed by atoms with Gasteiger partial charge in [-0.1, -0.05) is 37.3 Å². The fourth-order valence-electron chi connectivity index (χ4n) is 1.18. The molecule has 0 saturated carbocycles. The van der Waals surface area contributed by atoms with Crippen LogP contribution in [0.2, 0.25) is 0 Å². The van der Waals surface area contributed by atoms with Crippen LogP contribution < -0.4 is 5.11 Å². The van der Waals surface area contributed by atoms with Crippen molar-refractivity contribution in [3.8, 4) is 0 Å². The Morgan fingerprint density at radius 1 is 1.46 bits per heavy atom. The molecule has 0 aliphatic rings. The summed E-state index contributed by atoms with van der Waals surface area (Å²) in [5.41, 5.74) is 2.08. The van der Waals surface area contributed by atoms with Crippen molar-refractivity contribution in [1.82, 2.24) is 0 Å². The number of hydrogen-bond donors (Lipinski definition) is 0. The Morgan fingerprint density at radius 3 is 2.77 bits per heavy atom. The number of hydrogen-bond acceptors (Lipinski definition) is 2. The molecule has 0 aliphatic heterocycles. The van der Waals surface area contributed by atoms with E-state index in [-0.39, 0.29) is 0 Å². The highest BCUT2D eigenvalue weighted by Crippen LogP contribution is 2.10. The third-order valence-corrected chi connectivity index (χ3v) is 1.83. The van der Waals surface area contributed by atoms with Crippen molar-refractivity contribution < 1.29 is 9.90 Å². The lowest BCUT2D eigenvalue weighted by atomic mass is 10.1. The maximum atomic E-state index is 10.2. The number of carbonyl (C=O) groups excluding carboxylic acids is 1. The second-order valence-electron chi connectivity index (χ2n) is 2.70. The predicted octanol–water partition coefficient (Wildman–Crippen LogP) is 1.01. The molecule has 0 N–H and O–H groups in total. The summed E-state index contributed by atoms with van der Waals surface area (Å²) in [7, 11) is 0. The third-order valence-electron chi connectivity index (χ3n) is 1.83. The minimum absolute atomic E-state index is 0.896. The van der Waals surface area contributed by atoms with E-state index >= 15 is 0 Å². The van der Waals surface area contributed by atoms with E-state index in [4.69, 9.17) is 0 Å². The van der Waals surface area contributed by atoms with Crippen molar-refractivity contribution in [3.63, 3.8) is 0 Å². The molecule has 0 aliphatic carbocycles. The summed E-state index contributed by atoms with van der Waals surface area (Å²) in [5.74, 6) is -1.16. The first-order valence-corrected chi connectivity index (χ1v) is 4.21. The van der Waals surface area contributed by atoms with Gasteiger partial charge in [-0.2, -0.15) is 0 Å². The summed E-state index contributed by atoms with van der Waals surface area (Å²) in [6.07, 6.45) is 3.51. The van der Waals surface area contributed by atoms with Gasteiger partial charge in [-0.3, -0.25) is 0 Å². The van der Waals surface area contributed by atoms with Crippen molar-refractivity contribution in [2.45, 2.75) is 13.3 Å². The molecule has 0 spiro atoms. The van der Waals surface area contributed by atoms with Crippen LogP contribution in [-0.4, -0.2) is 5.97 Å². The Hall–Kier alpha value is -1.57. The highest BCUT2D eigenvalue weighted by molar-refractivity contribution is 5.83. The number of rotatable bonds is 3. The van der Waals surface area contributed by atoms with Gasteiger partial charge in [0.25, 0.3) is 0 Å². The molecule has 0 amide bonds. The third kappa shape index (κ3) is 2.75. The van der Waals surface area contributed by atoms with E-state index in [1.807, 2.05) is 31.2 Å². The lowest BCUT2D eigenvalue weighted by Crippen LogP contribution is -2.18. The van der Waals surface area contributed by atoms with E-state index in [2.05, 4.69) is 0 Å². The normalized spacial score (nSPS) is 10.5. The Bertz CT molecular complexity index is 327. The summed E-state index contributed by atoms with van der Waals surface area (Å²) < 4.78 is 0. The summed E-state index contributed by atoms with van der Waals surface area (Å²) >= 11 is 0. The summed E-state index contributed by atoms with van der Waals surface area (Å²) in [6.45, 7) is 2.03. The van der Waals surface area contributed by atoms with Crippen LogP contribution in [0, 0.1) is 0 Å². The van der Waals surface area contributed by atoms with Crippen molar-refractivity contribution in [3.05, 3.63) is 41.5 Å². The maximum Gasteiger partial charge on any atom is 0.0643 e. The first-order valence-electron chi connectivity index (χ1n) is 4.21. The Morgan fingerprint density at radius 2 is 2.15 bits per heavy atom. The predicted molar refractivity (Wildman–Crippen MR) is 49.9 cm³/mol. The van der Waals surface area contributed by atoms with E-state index in [1.165, 1.54) is 0 Å². The van der Waals surface area contributed by atoms with Crippen LogP contribution in [0.25, 0.3) is 6.08 Å². The molecule has 0 aromatic heterocycles. The average Bonchev–Trinajstić information content (AvgIpc) is 2.15. The molecular formula is C11H11O2-. The molecule has 1 aromatic carbocycles. The molecule has 2 nitrogen and oxygen atoms in total. The first kappa shape index (κ1) is 9.52. The molecule has 0 heterocycles. The molecule has 0 atom stereocenters.